The molecule has 1 aliphatic carbocycles. The number of hydrogen-bond acceptors (Lipinski definition) is 3. The third-order valence-corrected chi connectivity index (χ3v) is 4.46. The molecule has 24 heavy (non-hydrogen) atoms. The Morgan fingerprint density at radius 3 is 2.54 bits per heavy atom. The zero-order valence-electron chi connectivity index (χ0n) is 14.3. The summed E-state index contributed by atoms with van der Waals surface area (Å²) >= 11 is 0. The predicted molar refractivity (Wildman–Crippen MR) is 90.8 cm³/mol. The molecule has 6 heteroatoms. The molecule has 132 valence electrons. The van der Waals surface area contributed by atoms with Crippen molar-refractivity contribution in [1.29, 1.82) is 0 Å². The molecule has 2 N–H and O–H groups in total. The van der Waals surface area contributed by atoms with Gasteiger partial charge in [-0.2, -0.15) is 0 Å². The number of rotatable bonds is 5. The number of amides is 3. The maximum atomic E-state index is 12.9. The van der Waals surface area contributed by atoms with E-state index in [1.54, 1.807) is 24.1 Å². The van der Waals surface area contributed by atoms with Crippen LogP contribution in [0.3, 0.4) is 0 Å². The highest BCUT2D eigenvalue weighted by molar-refractivity contribution is 5.95. The van der Waals surface area contributed by atoms with Crippen LogP contribution in [0.5, 0.6) is 0 Å². The van der Waals surface area contributed by atoms with E-state index in [4.69, 9.17) is 0 Å². The second-order valence-corrected chi connectivity index (χ2v) is 6.69. The molecule has 1 aliphatic rings. The number of halogens is 1. The van der Waals surface area contributed by atoms with Crippen LogP contribution in [-0.2, 0) is 11.3 Å². The minimum atomic E-state index is -0.422. The lowest BCUT2D eigenvalue weighted by atomic mass is 9.86. The third kappa shape index (κ3) is 5.92. The van der Waals surface area contributed by atoms with Crippen molar-refractivity contribution in [1.82, 2.24) is 15.5 Å². The third-order valence-electron chi connectivity index (χ3n) is 4.46. The SMILES string of the molecule is CC1CCCCC1NC(=O)NC(=O)CN(C)Cc1ccc(F)cc1. The Labute approximate surface area is 142 Å². The molecule has 2 atom stereocenters. The van der Waals surface area contributed by atoms with Crippen molar-refractivity contribution in [2.45, 2.75) is 45.2 Å². The van der Waals surface area contributed by atoms with Crippen molar-refractivity contribution in [2.75, 3.05) is 13.6 Å². The van der Waals surface area contributed by atoms with Gasteiger partial charge in [-0.3, -0.25) is 15.0 Å². The van der Waals surface area contributed by atoms with Crippen LogP contribution >= 0.6 is 0 Å². The number of nitrogens with zero attached hydrogens (tertiary/aromatic N) is 1. The van der Waals surface area contributed by atoms with Gasteiger partial charge in [0.1, 0.15) is 5.82 Å². The first kappa shape index (κ1) is 18.4. The van der Waals surface area contributed by atoms with Gasteiger partial charge in [-0.1, -0.05) is 31.9 Å². The van der Waals surface area contributed by atoms with Gasteiger partial charge in [-0.25, -0.2) is 9.18 Å². The molecule has 0 heterocycles. The predicted octanol–water partition coefficient (Wildman–Crippen LogP) is 2.66. The molecule has 0 bridgehead atoms. The molecule has 5 nitrogen and oxygen atoms in total. The number of carbonyl (C=O) groups excluding carboxylic acids is 2. The van der Waals surface area contributed by atoms with E-state index in [9.17, 15) is 14.0 Å². The molecule has 1 aromatic carbocycles. The lowest BCUT2D eigenvalue weighted by Crippen LogP contribution is -2.49. The number of benzene rings is 1. The summed E-state index contributed by atoms with van der Waals surface area (Å²) in [5.41, 5.74) is 0.909. The van der Waals surface area contributed by atoms with Crippen LogP contribution in [0.1, 0.15) is 38.2 Å². The van der Waals surface area contributed by atoms with E-state index >= 15 is 0 Å². The maximum Gasteiger partial charge on any atom is 0.321 e. The van der Waals surface area contributed by atoms with Crippen molar-refractivity contribution in [2.24, 2.45) is 5.92 Å². The van der Waals surface area contributed by atoms with E-state index in [-0.39, 0.29) is 24.3 Å². The second kappa shape index (κ2) is 8.78. The van der Waals surface area contributed by atoms with E-state index in [0.717, 1.165) is 24.8 Å². The number of carbonyl (C=O) groups is 2. The highest BCUT2D eigenvalue weighted by Gasteiger charge is 2.23. The molecule has 3 amide bonds. The zero-order chi connectivity index (χ0) is 17.5. The van der Waals surface area contributed by atoms with Crippen LogP contribution in [0.2, 0.25) is 0 Å². The van der Waals surface area contributed by atoms with Crippen molar-refractivity contribution >= 4 is 11.9 Å². The fraction of sp³-hybridized carbons (Fsp3) is 0.556. The van der Waals surface area contributed by atoms with E-state index < -0.39 is 6.03 Å². The number of likely N-dealkylation sites (N-methyl/N-ethyl adjacent to an activating group) is 1. The largest absolute Gasteiger partial charge is 0.335 e. The van der Waals surface area contributed by atoms with Crippen molar-refractivity contribution < 1.29 is 14.0 Å². The summed E-state index contributed by atoms with van der Waals surface area (Å²) in [4.78, 5) is 25.7. The summed E-state index contributed by atoms with van der Waals surface area (Å²) in [5.74, 6) is -0.186. The van der Waals surface area contributed by atoms with Gasteiger partial charge in [0.2, 0.25) is 5.91 Å². The molecule has 2 unspecified atom stereocenters. The average Bonchev–Trinajstić information content (AvgIpc) is 2.51. The summed E-state index contributed by atoms with van der Waals surface area (Å²) in [6.45, 7) is 2.74. The Hall–Kier alpha value is -1.95. The Morgan fingerprint density at radius 2 is 1.88 bits per heavy atom. The van der Waals surface area contributed by atoms with E-state index in [0.29, 0.717) is 12.5 Å². The second-order valence-electron chi connectivity index (χ2n) is 6.69. The standard InChI is InChI=1S/C18H26FN3O2/c1-13-5-3-4-6-16(13)20-18(24)21-17(23)12-22(2)11-14-7-9-15(19)10-8-14/h7-10,13,16H,3-6,11-12H2,1-2H3,(H2,20,21,23,24). The number of nitrogens with one attached hydrogen (secondary N) is 2. The van der Waals surface area contributed by atoms with Gasteiger partial charge in [0.15, 0.2) is 0 Å². The van der Waals surface area contributed by atoms with Crippen molar-refractivity contribution in [3.8, 4) is 0 Å². The van der Waals surface area contributed by atoms with Crippen LogP contribution in [-0.4, -0.2) is 36.5 Å². The lowest BCUT2D eigenvalue weighted by molar-refractivity contribution is -0.121. The quantitative estimate of drug-likeness (QED) is 0.870. The Morgan fingerprint density at radius 1 is 1.21 bits per heavy atom. The Kier molecular flexibility index (Phi) is 6.73. The summed E-state index contributed by atoms with van der Waals surface area (Å²) in [7, 11) is 1.78. The minimum absolute atomic E-state index is 0.102. The van der Waals surface area contributed by atoms with Gasteiger partial charge in [0, 0.05) is 12.6 Å². The maximum absolute atomic E-state index is 12.9. The normalized spacial score (nSPS) is 20.7. The molecule has 1 aromatic rings. The lowest BCUT2D eigenvalue weighted by Gasteiger charge is -2.29. The van der Waals surface area contributed by atoms with Crippen LogP contribution in [0.25, 0.3) is 0 Å². The van der Waals surface area contributed by atoms with E-state index in [2.05, 4.69) is 17.6 Å². The van der Waals surface area contributed by atoms with Crippen LogP contribution in [0.4, 0.5) is 9.18 Å². The summed E-state index contributed by atoms with van der Waals surface area (Å²) < 4.78 is 12.9. The fourth-order valence-electron chi connectivity index (χ4n) is 3.10. The molecule has 0 radical (unpaired) electrons. The zero-order valence-corrected chi connectivity index (χ0v) is 14.3. The van der Waals surface area contributed by atoms with Gasteiger partial charge in [0.05, 0.1) is 6.54 Å². The topological polar surface area (TPSA) is 61.4 Å². The van der Waals surface area contributed by atoms with E-state index in [1.165, 1.54) is 18.6 Å². The molecule has 0 aliphatic heterocycles. The highest BCUT2D eigenvalue weighted by atomic mass is 19.1. The monoisotopic (exact) mass is 335 g/mol. The Bertz CT molecular complexity index is 562. The van der Waals surface area contributed by atoms with Gasteiger partial charge in [0.25, 0.3) is 0 Å². The molecule has 1 saturated carbocycles. The first-order valence-electron chi connectivity index (χ1n) is 8.47. The summed E-state index contributed by atoms with van der Waals surface area (Å²) in [6, 6.07) is 5.86. The highest BCUT2D eigenvalue weighted by Crippen LogP contribution is 2.23. The molecule has 0 aromatic heterocycles. The summed E-state index contributed by atoms with van der Waals surface area (Å²) in [5, 5.41) is 5.28. The van der Waals surface area contributed by atoms with Crippen LogP contribution in [0.15, 0.2) is 24.3 Å². The molecule has 2 rings (SSSR count). The minimum Gasteiger partial charge on any atom is -0.335 e. The first-order valence-corrected chi connectivity index (χ1v) is 8.47. The van der Waals surface area contributed by atoms with Crippen LogP contribution < -0.4 is 10.6 Å². The molecule has 0 saturated heterocycles. The van der Waals surface area contributed by atoms with E-state index in [1.807, 2.05) is 0 Å². The smallest absolute Gasteiger partial charge is 0.321 e. The van der Waals surface area contributed by atoms with Gasteiger partial charge < -0.3 is 5.32 Å². The van der Waals surface area contributed by atoms with Gasteiger partial charge in [-0.05, 0) is 43.5 Å². The number of hydrogen-bond donors (Lipinski definition) is 2. The fourth-order valence-corrected chi connectivity index (χ4v) is 3.10. The molecule has 0 spiro atoms. The molecule has 1 fully saturated rings. The molecular formula is C18H26FN3O2. The van der Waals surface area contributed by atoms with Gasteiger partial charge in [-0.15, -0.1) is 0 Å². The first-order chi connectivity index (χ1) is 11.4. The van der Waals surface area contributed by atoms with Crippen LogP contribution in [0, 0.1) is 11.7 Å². The van der Waals surface area contributed by atoms with Crippen molar-refractivity contribution in [3.63, 3.8) is 0 Å². The average molecular weight is 335 g/mol. The number of urea groups is 1. The summed E-state index contributed by atoms with van der Waals surface area (Å²) in [6.07, 6.45) is 4.39. The van der Waals surface area contributed by atoms with Gasteiger partial charge >= 0.3 is 6.03 Å². The Balaban J connectivity index is 1.73. The number of imide groups is 1. The van der Waals surface area contributed by atoms with Crippen molar-refractivity contribution in [3.05, 3.63) is 35.6 Å². The molecular weight excluding hydrogens is 309 g/mol.